The number of nitrogens with one attached hydrogen (secondary N) is 2. The molecule has 0 spiro atoms. The molecule has 1 heterocycles. The minimum atomic E-state index is 0. The molecule has 0 aromatic heterocycles. The molecule has 1 aromatic rings. The van der Waals surface area contributed by atoms with Crippen molar-refractivity contribution in [2.24, 2.45) is 4.99 Å². The number of aliphatic imine (C=N–C) groups is 1. The molecule has 5 nitrogen and oxygen atoms in total. The Hall–Kier alpha value is -1.14. The highest BCUT2D eigenvalue weighted by atomic mass is 79.9. The molecule has 0 bridgehead atoms. The van der Waals surface area contributed by atoms with Crippen LogP contribution in [-0.2, 0) is 6.42 Å². The van der Waals surface area contributed by atoms with Crippen molar-refractivity contribution < 1.29 is 9.47 Å². The zero-order valence-electron chi connectivity index (χ0n) is 12.9. The summed E-state index contributed by atoms with van der Waals surface area (Å²) in [6.07, 6.45) is 3.09. The van der Waals surface area contributed by atoms with E-state index in [2.05, 4.69) is 15.6 Å². The molecule has 2 rings (SSSR count). The van der Waals surface area contributed by atoms with Gasteiger partial charge in [-0.25, -0.2) is 0 Å². The molecule has 1 aliphatic rings. The molecule has 0 fully saturated rings. The fraction of sp³-hybridized carbons (Fsp3) is 0.533. The van der Waals surface area contributed by atoms with Gasteiger partial charge in [-0.3, -0.25) is 4.99 Å². The highest BCUT2D eigenvalue weighted by Gasteiger charge is 2.13. The summed E-state index contributed by atoms with van der Waals surface area (Å²) in [4.78, 5) is 4.45. The van der Waals surface area contributed by atoms with Gasteiger partial charge in [0.05, 0.1) is 19.2 Å². The van der Waals surface area contributed by atoms with Crippen molar-refractivity contribution in [2.45, 2.75) is 19.3 Å². The molecule has 2 N–H and O–H groups in total. The lowest BCUT2D eigenvalue weighted by atomic mass is 10.1. The largest absolute Gasteiger partial charge is 0.493 e. The summed E-state index contributed by atoms with van der Waals surface area (Å²) in [6, 6.07) is 3.84. The van der Waals surface area contributed by atoms with E-state index in [1.165, 1.54) is 0 Å². The van der Waals surface area contributed by atoms with E-state index in [9.17, 15) is 0 Å². The summed E-state index contributed by atoms with van der Waals surface area (Å²) in [5.74, 6) is 2.11. The first kappa shape index (κ1) is 18.9. The third kappa shape index (κ3) is 4.95. The first-order chi connectivity index (χ1) is 10.3. The van der Waals surface area contributed by atoms with Crippen molar-refractivity contribution in [2.75, 3.05) is 33.9 Å². The molecule has 0 radical (unpaired) electrons. The van der Waals surface area contributed by atoms with E-state index in [4.69, 9.17) is 21.1 Å². The summed E-state index contributed by atoms with van der Waals surface area (Å²) in [5, 5.41) is 7.20. The van der Waals surface area contributed by atoms with Crippen molar-refractivity contribution in [3.8, 4) is 11.5 Å². The van der Waals surface area contributed by atoms with E-state index in [1.807, 2.05) is 12.1 Å². The van der Waals surface area contributed by atoms with Crippen molar-refractivity contribution in [3.63, 3.8) is 0 Å². The lowest BCUT2D eigenvalue weighted by Crippen LogP contribution is -2.38. The van der Waals surface area contributed by atoms with Crippen LogP contribution in [0.1, 0.15) is 18.4 Å². The number of ether oxygens (including phenoxy) is 2. The average molecular weight is 393 g/mol. The Balaban J connectivity index is 0.00000242. The Morgan fingerprint density at radius 3 is 2.82 bits per heavy atom. The molecule has 0 unspecified atom stereocenters. The second-order valence-corrected chi connectivity index (χ2v) is 5.19. The second kappa shape index (κ2) is 9.79. The van der Waals surface area contributed by atoms with Gasteiger partial charge in [0.15, 0.2) is 17.5 Å². The summed E-state index contributed by atoms with van der Waals surface area (Å²) < 4.78 is 10.5. The number of hydrogen-bond donors (Lipinski definition) is 2. The summed E-state index contributed by atoms with van der Waals surface area (Å²) in [6.45, 7) is 2.62. The van der Waals surface area contributed by atoms with Crippen molar-refractivity contribution >= 4 is 34.5 Å². The van der Waals surface area contributed by atoms with Crippen LogP contribution < -0.4 is 20.1 Å². The van der Waals surface area contributed by atoms with Crippen LogP contribution in [0.15, 0.2) is 17.1 Å². The second-order valence-electron chi connectivity index (χ2n) is 4.82. The van der Waals surface area contributed by atoms with E-state index in [1.54, 1.807) is 14.2 Å². The number of benzene rings is 1. The Labute approximate surface area is 147 Å². The third-order valence-corrected chi connectivity index (χ3v) is 3.81. The van der Waals surface area contributed by atoms with Crippen LogP contribution in [-0.4, -0.2) is 39.8 Å². The maximum Gasteiger partial charge on any atom is 0.191 e. The van der Waals surface area contributed by atoms with Crippen molar-refractivity contribution in [3.05, 3.63) is 22.7 Å². The fourth-order valence-corrected chi connectivity index (χ4v) is 2.58. The molecule has 22 heavy (non-hydrogen) atoms. The molecule has 0 saturated carbocycles. The molecule has 0 amide bonds. The normalized spacial score (nSPS) is 14.0. The molecular formula is C15H23BrClN3O2. The third-order valence-electron chi connectivity index (χ3n) is 3.40. The lowest BCUT2D eigenvalue weighted by Gasteiger charge is -2.14. The number of hydrogen-bond acceptors (Lipinski definition) is 5. The number of guanidine groups is 1. The maximum absolute atomic E-state index is 6.36. The average Bonchev–Trinajstić information content (AvgIpc) is 2.77. The zero-order chi connectivity index (χ0) is 15.1. The Morgan fingerprint density at radius 1 is 1.27 bits per heavy atom. The summed E-state index contributed by atoms with van der Waals surface area (Å²) in [5.41, 5.74) is 1.02. The van der Waals surface area contributed by atoms with Gasteiger partial charge in [-0.05, 0) is 30.9 Å². The standard InChI is InChI=1S/C15H22ClN3O2.BrH/c1-20-12-6-5-11(13(16)14(12)21-2)7-10-19-15-17-8-3-4-9-18-15;/h5-6H,3-4,7-10H2,1-2H3,(H2,17,18,19);1H. The van der Waals surface area contributed by atoms with Crippen LogP contribution in [0, 0.1) is 0 Å². The first-order valence-electron chi connectivity index (χ1n) is 7.17. The fourth-order valence-electron chi connectivity index (χ4n) is 2.25. The molecule has 7 heteroatoms. The van der Waals surface area contributed by atoms with Crippen LogP contribution in [0.25, 0.3) is 0 Å². The molecule has 1 aromatic carbocycles. The number of methoxy groups -OCH3 is 2. The quantitative estimate of drug-likeness (QED) is 0.809. The van der Waals surface area contributed by atoms with Gasteiger partial charge in [0.2, 0.25) is 0 Å². The van der Waals surface area contributed by atoms with Crippen LogP contribution >= 0.6 is 28.6 Å². The van der Waals surface area contributed by atoms with Crippen LogP contribution in [0.4, 0.5) is 0 Å². The van der Waals surface area contributed by atoms with E-state index >= 15 is 0 Å². The summed E-state index contributed by atoms with van der Waals surface area (Å²) >= 11 is 6.36. The van der Waals surface area contributed by atoms with Gasteiger partial charge in [-0.1, -0.05) is 17.7 Å². The molecular weight excluding hydrogens is 370 g/mol. The SMILES string of the molecule is Br.COc1ccc(CCNC2=NCCCCN2)c(Cl)c1OC. The lowest BCUT2D eigenvalue weighted by molar-refractivity contribution is 0.354. The maximum atomic E-state index is 6.36. The topological polar surface area (TPSA) is 54.9 Å². The van der Waals surface area contributed by atoms with Gasteiger partial charge in [-0.2, -0.15) is 0 Å². The predicted molar refractivity (Wildman–Crippen MR) is 96.1 cm³/mol. The smallest absolute Gasteiger partial charge is 0.191 e. The Kier molecular flexibility index (Phi) is 8.42. The van der Waals surface area contributed by atoms with Crippen molar-refractivity contribution in [1.29, 1.82) is 0 Å². The minimum absolute atomic E-state index is 0. The van der Waals surface area contributed by atoms with Gasteiger partial charge in [-0.15, -0.1) is 17.0 Å². The van der Waals surface area contributed by atoms with Crippen LogP contribution in [0.5, 0.6) is 11.5 Å². The van der Waals surface area contributed by atoms with E-state index in [0.29, 0.717) is 16.5 Å². The van der Waals surface area contributed by atoms with Gasteiger partial charge in [0, 0.05) is 19.6 Å². The molecule has 1 aliphatic heterocycles. The molecule has 124 valence electrons. The summed E-state index contributed by atoms with van der Waals surface area (Å²) in [7, 11) is 3.20. The van der Waals surface area contributed by atoms with E-state index in [0.717, 1.165) is 50.4 Å². The first-order valence-corrected chi connectivity index (χ1v) is 7.55. The monoisotopic (exact) mass is 391 g/mol. The predicted octanol–water partition coefficient (Wildman–Crippen LogP) is 2.81. The van der Waals surface area contributed by atoms with E-state index in [-0.39, 0.29) is 17.0 Å². The Bertz CT molecular complexity index is 512. The molecule has 0 aliphatic carbocycles. The number of nitrogens with zero attached hydrogens (tertiary/aromatic N) is 1. The number of rotatable bonds is 5. The van der Waals surface area contributed by atoms with Gasteiger partial charge in [0.1, 0.15) is 0 Å². The minimum Gasteiger partial charge on any atom is -0.493 e. The van der Waals surface area contributed by atoms with Gasteiger partial charge >= 0.3 is 0 Å². The van der Waals surface area contributed by atoms with Gasteiger partial charge < -0.3 is 20.1 Å². The van der Waals surface area contributed by atoms with Crippen molar-refractivity contribution in [1.82, 2.24) is 10.6 Å². The van der Waals surface area contributed by atoms with E-state index < -0.39 is 0 Å². The zero-order valence-corrected chi connectivity index (χ0v) is 15.4. The number of halogens is 2. The van der Waals surface area contributed by atoms with Gasteiger partial charge in [0.25, 0.3) is 0 Å². The molecule has 0 saturated heterocycles. The molecule has 0 atom stereocenters. The van der Waals surface area contributed by atoms with Crippen LogP contribution in [0.3, 0.4) is 0 Å². The Morgan fingerprint density at radius 2 is 2.09 bits per heavy atom. The highest BCUT2D eigenvalue weighted by molar-refractivity contribution is 8.93. The van der Waals surface area contributed by atoms with Crippen LogP contribution in [0.2, 0.25) is 5.02 Å². The highest BCUT2D eigenvalue weighted by Crippen LogP contribution is 2.37.